The summed E-state index contributed by atoms with van der Waals surface area (Å²) in [4.78, 5) is -0.0268. The van der Waals surface area contributed by atoms with Gasteiger partial charge in [-0.1, -0.05) is 44.0 Å². The number of rotatable bonds is 3. The van der Waals surface area contributed by atoms with Gasteiger partial charge in [0.1, 0.15) is 0 Å². The Hall–Kier alpha value is -0.890. The summed E-state index contributed by atoms with van der Waals surface area (Å²) in [6, 6.07) is 3.93. The second-order valence-electron chi connectivity index (χ2n) is 4.12. The van der Waals surface area contributed by atoms with Gasteiger partial charge in [0.15, 0.2) is 0 Å². The van der Waals surface area contributed by atoms with Gasteiger partial charge in [-0.15, -0.1) is 5.10 Å². The van der Waals surface area contributed by atoms with Crippen LogP contribution in [0.15, 0.2) is 28.9 Å². The monoisotopic (exact) mass is 411 g/mol. The van der Waals surface area contributed by atoms with Crippen molar-refractivity contribution in [2.45, 2.75) is 24.3 Å². The lowest BCUT2D eigenvalue weighted by molar-refractivity contribution is -0.137. The van der Waals surface area contributed by atoms with Crippen LogP contribution in [0.4, 0.5) is 13.2 Å². The number of hydrogen-bond donors (Lipinski definition) is 0. The lowest BCUT2D eigenvalue weighted by Crippen LogP contribution is -2.11. The predicted octanol–water partition coefficient (Wildman–Crippen LogP) is 4.89. The molecule has 108 valence electrons. The smallest absolute Gasteiger partial charge is 0.220 e. The molecule has 2 aromatic rings. The highest BCUT2D eigenvalue weighted by Crippen LogP contribution is 2.35. The van der Waals surface area contributed by atoms with Gasteiger partial charge >= 0.3 is 6.18 Å². The topological polar surface area (TPSA) is 30.7 Å². The zero-order chi connectivity index (χ0) is 14.9. The van der Waals surface area contributed by atoms with Gasteiger partial charge < -0.3 is 0 Å². The molecule has 1 atom stereocenters. The van der Waals surface area contributed by atoms with Crippen LogP contribution in [0.25, 0.3) is 5.69 Å². The molecule has 1 heterocycles. The molecule has 0 saturated heterocycles. The van der Waals surface area contributed by atoms with Gasteiger partial charge in [0.05, 0.1) is 28.0 Å². The maximum atomic E-state index is 13.1. The molecule has 8 heteroatoms. The van der Waals surface area contributed by atoms with Crippen molar-refractivity contribution < 1.29 is 13.2 Å². The van der Waals surface area contributed by atoms with Crippen LogP contribution in [0, 0.1) is 0 Å². The number of aromatic nitrogens is 3. The SMILES string of the molecule is CCC(Br)c1cn(-c2ccc(Br)cc2C(F)(F)F)nn1. The fourth-order valence-electron chi connectivity index (χ4n) is 1.68. The first-order valence-corrected chi connectivity index (χ1v) is 7.47. The normalized spacial score (nSPS) is 13.5. The summed E-state index contributed by atoms with van der Waals surface area (Å²) >= 11 is 6.44. The molecule has 0 aliphatic rings. The van der Waals surface area contributed by atoms with E-state index in [1.807, 2.05) is 6.92 Å². The zero-order valence-corrected chi connectivity index (χ0v) is 13.5. The van der Waals surface area contributed by atoms with Crippen molar-refractivity contribution in [3.63, 3.8) is 0 Å². The molecule has 0 N–H and O–H groups in total. The van der Waals surface area contributed by atoms with Crippen molar-refractivity contribution in [1.82, 2.24) is 15.0 Å². The van der Waals surface area contributed by atoms with Crippen LogP contribution < -0.4 is 0 Å². The highest BCUT2D eigenvalue weighted by atomic mass is 79.9. The highest BCUT2D eigenvalue weighted by Gasteiger charge is 2.34. The van der Waals surface area contributed by atoms with Crippen LogP contribution in [-0.2, 0) is 6.18 Å². The maximum absolute atomic E-state index is 13.1. The third-order valence-corrected chi connectivity index (χ3v) is 4.31. The van der Waals surface area contributed by atoms with E-state index >= 15 is 0 Å². The van der Waals surface area contributed by atoms with Crippen LogP contribution in [0.1, 0.15) is 29.4 Å². The first-order valence-electron chi connectivity index (χ1n) is 5.76. The zero-order valence-electron chi connectivity index (χ0n) is 10.3. The van der Waals surface area contributed by atoms with Crippen LogP contribution in [-0.4, -0.2) is 15.0 Å². The largest absolute Gasteiger partial charge is 0.418 e. The molecule has 0 fully saturated rings. The molecule has 1 unspecified atom stereocenters. The molecule has 0 aliphatic heterocycles. The molecule has 0 radical (unpaired) electrons. The first kappa shape index (κ1) is 15.5. The number of halogens is 5. The van der Waals surface area contributed by atoms with Crippen molar-refractivity contribution in [3.05, 3.63) is 40.1 Å². The molecule has 0 spiro atoms. The highest BCUT2D eigenvalue weighted by molar-refractivity contribution is 9.10. The summed E-state index contributed by atoms with van der Waals surface area (Å²) in [6.07, 6.45) is -2.18. The first-order chi connectivity index (χ1) is 9.32. The minimum atomic E-state index is -4.45. The summed E-state index contributed by atoms with van der Waals surface area (Å²) in [5.74, 6) is 0. The Morgan fingerprint density at radius 3 is 2.65 bits per heavy atom. The predicted molar refractivity (Wildman–Crippen MR) is 76.0 cm³/mol. The van der Waals surface area contributed by atoms with E-state index in [2.05, 4.69) is 42.2 Å². The lowest BCUT2D eigenvalue weighted by Gasteiger charge is -2.12. The van der Waals surface area contributed by atoms with E-state index in [1.165, 1.54) is 18.3 Å². The van der Waals surface area contributed by atoms with Crippen molar-refractivity contribution in [1.29, 1.82) is 0 Å². The van der Waals surface area contributed by atoms with E-state index < -0.39 is 11.7 Å². The van der Waals surface area contributed by atoms with E-state index in [9.17, 15) is 13.2 Å². The number of benzene rings is 1. The van der Waals surface area contributed by atoms with Gasteiger partial charge in [0.2, 0.25) is 0 Å². The molecule has 1 aromatic heterocycles. The maximum Gasteiger partial charge on any atom is 0.418 e. The molecule has 0 aliphatic carbocycles. The minimum absolute atomic E-state index is 0.0268. The quantitative estimate of drug-likeness (QED) is 0.671. The molecule has 0 bridgehead atoms. The van der Waals surface area contributed by atoms with Crippen molar-refractivity contribution in [2.24, 2.45) is 0 Å². The molecular formula is C12H10Br2F3N3. The molecule has 0 saturated carbocycles. The molecule has 2 rings (SSSR count). The fraction of sp³-hybridized carbons (Fsp3) is 0.333. The van der Waals surface area contributed by atoms with E-state index in [1.54, 1.807) is 0 Å². The summed E-state index contributed by atoms with van der Waals surface area (Å²) in [7, 11) is 0. The standard InChI is InChI=1S/C12H10Br2F3N3/c1-2-9(14)10-6-20(19-18-10)11-4-3-7(13)5-8(11)12(15,16)17/h3-6,9H,2H2,1H3. The second kappa shape index (κ2) is 5.85. The van der Waals surface area contributed by atoms with Crippen LogP contribution in [0.2, 0.25) is 0 Å². The minimum Gasteiger partial charge on any atom is -0.220 e. The van der Waals surface area contributed by atoms with Crippen molar-refractivity contribution >= 4 is 31.9 Å². The Morgan fingerprint density at radius 2 is 2.05 bits per heavy atom. The Morgan fingerprint density at radius 1 is 1.35 bits per heavy atom. The average molecular weight is 413 g/mol. The number of hydrogen-bond acceptors (Lipinski definition) is 2. The third-order valence-electron chi connectivity index (χ3n) is 2.70. The molecular weight excluding hydrogens is 403 g/mol. The van der Waals surface area contributed by atoms with Crippen LogP contribution >= 0.6 is 31.9 Å². The summed E-state index contributed by atoms with van der Waals surface area (Å²) in [6.45, 7) is 1.94. The number of alkyl halides is 4. The number of nitrogens with zero attached hydrogens (tertiary/aromatic N) is 3. The molecule has 0 amide bonds. The van der Waals surface area contributed by atoms with Crippen molar-refractivity contribution in [2.75, 3.05) is 0 Å². The second-order valence-corrected chi connectivity index (χ2v) is 6.14. The molecule has 3 nitrogen and oxygen atoms in total. The van der Waals surface area contributed by atoms with Gasteiger partial charge in [-0.3, -0.25) is 0 Å². The van der Waals surface area contributed by atoms with Gasteiger partial charge in [-0.05, 0) is 24.6 Å². The fourth-order valence-corrected chi connectivity index (χ4v) is 2.25. The van der Waals surface area contributed by atoms with Gasteiger partial charge in [-0.25, -0.2) is 4.68 Å². The Labute approximate surface area is 130 Å². The van der Waals surface area contributed by atoms with E-state index in [-0.39, 0.29) is 10.5 Å². The van der Waals surface area contributed by atoms with Gasteiger partial charge in [0.25, 0.3) is 0 Å². The lowest BCUT2D eigenvalue weighted by atomic mass is 10.1. The van der Waals surface area contributed by atoms with Crippen LogP contribution in [0.5, 0.6) is 0 Å². The van der Waals surface area contributed by atoms with E-state index in [4.69, 9.17) is 0 Å². The Kier molecular flexibility index (Phi) is 4.53. The summed E-state index contributed by atoms with van der Waals surface area (Å²) < 4.78 is 40.7. The summed E-state index contributed by atoms with van der Waals surface area (Å²) in [5, 5.41) is 7.68. The Bertz CT molecular complexity index is 610. The third kappa shape index (κ3) is 3.22. The van der Waals surface area contributed by atoms with Gasteiger partial charge in [0, 0.05) is 4.47 Å². The average Bonchev–Trinajstić information content (AvgIpc) is 2.86. The molecule has 20 heavy (non-hydrogen) atoms. The van der Waals surface area contributed by atoms with Crippen LogP contribution in [0.3, 0.4) is 0 Å². The van der Waals surface area contributed by atoms with E-state index in [0.29, 0.717) is 10.2 Å². The Balaban J connectivity index is 2.50. The van der Waals surface area contributed by atoms with Crippen molar-refractivity contribution in [3.8, 4) is 5.69 Å². The summed E-state index contributed by atoms with van der Waals surface area (Å²) in [5.41, 5.74) is -0.204. The van der Waals surface area contributed by atoms with Gasteiger partial charge in [-0.2, -0.15) is 13.2 Å². The molecule has 1 aromatic carbocycles. The van der Waals surface area contributed by atoms with E-state index in [0.717, 1.165) is 17.2 Å².